The van der Waals surface area contributed by atoms with E-state index in [0.29, 0.717) is 25.2 Å². The van der Waals surface area contributed by atoms with Gasteiger partial charge in [0.2, 0.25) is 10.0 Å². The average Bonchev–Trinajstić information content (AvgIpc) is 2.90. The van der Waals surface area contributed by atoms with Crippen LogP contribution in [-0.2, 0) is 14.8 Å². The summed E-state index contributed by atoms with van der Waals surface area (Å²) < 4.78 is 31.9. The first-order chi connectivity index (χ1) is 10.2. The number of methoxy groups -OCH3 is 1. The first-order valence-corrected chi connectivity index (χ1v) is 8.57. The number of ether oxygens (including phenoxy) is 1. The van der Waals surface area contributed by atoms with Crippen LogP contribution in [0.5, 0.6) is 0 Å². The number of rotatable bonds is 4. The number of hydrogen-bond donors (Lipinski definition) is 1. The van der Waals surface area contributed by atoms with Gasteiger partial charge in [0.15, 0.2) is 0 Å². The number of nitrogens with two attached hydrogens (primary N) is 1. The standard InChI is InChI=1S/C15H22N2O4S/c1-11-12(14(18)21-3)5-4-6-13(11)22(19,20)17-8-7-15(2,9-16)10-17/h4-6H,7-10,16H2,1-3H3. The summed E-state index contributed by atoms with van der Waals surface area (Å²) in [5, 5.41) is 0. The maximum atomic E-state index is 12.9. The van der Waals surface area contributed by atoms with Crippen LogP contribution in [0.2, 0.25) is 0 Å². The first-order valence-electron chi connectivity index (χ1n) is 7.13. The van der Waals surface area contributed by atoms with Gasteiger partial charge in [-0.1, -0.05) is 13.0 Å². The maximum Gasteiger partial charge on any atom is 0.338 e. The van der Waals surface area contributed by atoms with Crippen LogP contribution < -0.4 is 5.73 Å². The molecular formula is C15H22N2O4S. The molecule has 6 nitrogen and oxygen atoms in total. The van der Waals surface area contributed by atoms with Gasteiger partial charge in [0.25, 0.3) is 0 Å². The molecule has 2 rings (SSSR count). The van der Waals surface area contributed by atoms with Crippen LogP contribution in [0.4, 0.5) is 0 Å². The Hall–Kier alpha value is -1.44. The summed E-state index contributed by atoms with van der Waals surface area (Å²) in [6.07, 6.45) is 0.735. The van der Waals surface area contributed by atoms with E-state index in [1.54, 1.807) is 19.1 Å². The predicted octanol–water partition coefficient (Wildman–Crippen LogP) is 1.14. The Morgan fingerprint density at radius 3 is 2.68 bits per heavy atom. The molecule has 2 N–H and O–H groups in total. The Bertz CT molecular complexity index is 687. The van der Waals surface area contributed by atoms with E-state index in [1.807, 2.05) is 6.92 Å². The molecule has 1 unspecified atom stereocenters. The second-order valence-electron chi connectivity index (χ2n) is 6.02. The Morgan fingerprint density at radius 1 is 1.45 bits per heavy atom. The van der Waals surface area contributed by atoms with Crippen molar-refractivity contribution in [1.82, 2.24) is 4.31 Å². The third kappa shape index (κ3) is 2.88. The molecule has 0 amide bonds. The lowest BCUT2D eigenvalue weighted by molar-refractivity contribution is 0.0599. The average molecular weight is 326 g/mol. The molecule has 0 aliphatic carbocycles. The van der Waals surface area contributed by atoms with E-state index in [9.17, 15) is 13.2 Å². The quantitative estimate of drug-likeness (QED) is 0.838. The zero-order valence-electron chi connectivity index (χ0n) is 13.1. The van der Waals surface area contributed by atoms with E-state index in [1.165, 1.54) is 17.5 Å². The van der Waals surface area contributed by atoms with E-state index < -0.39 is 16.0 Å². The molecule has 22 heavy (non-hydrogen) atoms. The normalized spacial score (nSPS) is 22.7. The molecule has 0 aromatic heterocycles. The predicted molar refractivity (Wildman–Crippen MR) is 83.1 cm³/mol. The van der Waals surface area contributed by atoms with Gasteiger partial charge in [-0.15, -0.1) is 0 Å². The maximum absolute atomic E-state index is 12.9. The molecule has 0 radical (unpaired) electrons. The van der Waals surface area contributed by atoms with Crippen molar-refractivity contribution in [2.24, 2.45) is 11.1 Å². The molecule has 1 heterocycles. The fourth-order valence-corrected chi connectivity index (χ4v) is 4.55. The van der Waals surface area contributed by atoms with Gasteiger partial charge in [-0.25, -0.2) is 13.2 Å². The number of hydrogen-bond acceptors (Lipinski definition) is 5. The minimum absolute atomic E-state index is 0.150. The monoisotopic (exact) mass is 326 g/mol. The van der Waals surface area contributed by atoms with Gasteiger partial charge in [0, 0.05) is 13.1 Å². The van der Waals surface area contributed by atoms with Crippen LogP contribution in [0.1, 0.15) is 29.3 Å². The summed E-state index contributed by atoms with van der Waals surface area (Å²) in [6.45, 7) is 4.89. The number of carbonyl (C=O) groups is 1. The molecule has 7 heteroatoms. The van der Waals surface area contributed by atoms with Crippen molar-refractivity contribution in [2.75, 3.05) is 26.7 Å². The molecule has 0 spiro atoms. The van der Waals surface area contributed by atoms with Gasteiger partial charge in [-0.3, -0.25) is 0 Å². The molecule has 1 fully saturated rings. The van der Waals surface area contributed by atoms with Crippen LogP contribution >= 0.6 is 0 Å². The van der Waals surface area contributed by atoms with Gasteiger partial charge >= 0.3 is 5.97 Å². The molecule has 122 valence electrons. The minimum atomic E-state index is -3.64. The molecule has 1 aliphatic heterocycles. The van der Waals surface area contributed by atoms with E-state index in [0.717, 1.165) is 6.42 Å². The fourth-order valence-electron chi connectivity index (χ4n) is 2.71. The number of carbonyl (C=O) groups excluding carboxylic acids is 1. The van der Waals surface area contributed by atoms with E-state index in [2.05, 4.69) is 0 Å². The Balaban J connectivity index is 2.41. The molecule has 0 saturated carbocycles. The van der Waals surface area contributed by atoms with Crippen molar-refractivity contribution < 1.29 is 17.9 Å². The highest BCUT2D eigenvalue weighted by atomic mass is 32.2. The lowest BCUT2D eigenvalue weighted by Gasteiger charge is -2.23. The lowest BCUT2D eigenvalue weighted by Crippen LogP contribution is -2.34. The number of esters is 1. The lowest BCUT2D eigenvalue weighted by atomic mass is 9.90. The van der Waals surface area contributed by atoms with Gasteiger partial charge in [-0.2, -0.15) is 4.31 Å². The topological polar surface area (TPSA) is 89.7 Å². The molecular weight excluding hydrogens is 304 g/mol. The highest BCUT2D eigenvalue weighted by Gasteiger charge is 2.39. The highest BCUT2D eigenvalue weighted by molar-refractivity contribution is 7.89. The van der Waals surface area contributed by atoms with Crippen molar-refractivity contribution in [3.05, 3.63) is 29.3 Å². The zero-order valence-corrected chi connectivity index (χ0v) is 13.9. The molecule has 1 aromatic rings. The zero-order chi connectivity index (χ0) is 16.5. The second-order valence-corrected chi connectivity index (χ2v) is 7.93. The van der Waals surface area contributed by atoms with Crippen molar-refractivity contribution in [2.45, 2.75) is 25.2 Å². The molecule has 1 aliphatic rings. The van der Waals surface area contributed by atoms with Gasteiger partial charge < -0.3 is 10.5 Å². The number of nitrogens with zero attached hydrogens (tertiary/aromatic N) is 1. The number of sulfonamides is 1. The van der Waals surface area contributed by atoms with Crippen LogP contribution in [0.25, 0.3) is 0 Å². The van der Waals surface area contributed by atoms with Crippen LogP contribution in [-0.4, -0.2) is 45.4 Å². The van der Waals surface area contributed by atoms with E-state index in [4.69, 9.17) is 10.5 Å². The van der Waals surface area contributed by atoms with Crippen molar-refractivity contribution in [1.29, 1.82) is 0 Å². The minimum Gasteiger partial charge on any atom is -0.465 e. The summed E-state index contributed by atoms with van der Waals surface area (Å²) in [7, 11) is -2.37. The van der Waals surface area contributed by atoms with Crippen molar-refractivity contribution >= 4 is 16.0 Å². The Kier molecular flexibility index (Phi) is 4.60. The van der Waals surface area contributed by atoms with Crippen LogP contribution in [0.3, 0.4) is 0 Å². The molecule has 1 aromatic carbocycles. The second kappa shape index (κ2) is 5.98. The summed E-state index contributed by atoms with van der Waals surface area (Å²) in [5.41, 5.74) is 6.23. The molecule has 1 saturated heterocycles. The van der Waals surface area contributed by atoms with Gasteiger partial charge in [-0.05, 0) is 43.0 Å². The summed E-state index contributed by atoms with van der Waals surface area (Å²) in [4.78, 5) is 11.9. The molecule has 1 atom stereocenters. The largest absolute Gasteiger partial charge is 0.465 e. The summed E-state index contributed by atoms with van der Waals surface area (Å²) in [5.74, 6) is -0.539. The third-order valence-electron chi connectivity index (χ3n) is 4.32. The first kappa shape index (κ1) is 16.9. The Morgan fingerprint density at radius 2 is 2.14 bits per heavy atom. The third-order valence-corrected chi connectivity index (χ3v) is 6.31. The van der Waals surface area contributed by atoms with Gasteiger partial charge in [0.05, 0.1) is 17.6 Å². The SMILES string of the molecule is COC(=O)c1cccc(S(=O)(=O)N2CCC(C)(CN)C2)c1C. The van der Waals surface area contributed by atoms with E-state index in [-0.39, 0.29) is 15.9 Å². The smallest absolute Gasteiger partial charge is 0.338 e. The number of benzene rings is 1. The van der Waals surface area contributed by atoms with Crippen molar-refractivity contribution in [3.8, 4) is 0 Å². The van der Waals surface area contributed by atoms with Crippen molar-refractivity contribution in [3.63, 3.8) is 0 Å². The van der Waals surface area contributed by atoms with Gasteiger partial charge in [0.1, 0.15) is 0 Å². The summed E-state index contributed by atoms with van der Waals surface area (Å²) in [6, 6.07) is 4.65. The fraction of sp³-hybridized carbons (Fsp3) is 0.533. The molecule has 0 bridgehead atoms. The van der Waals surface area contributed by atoms with Crippen LogP contribution in [0.15, 0.2) is 23.1 Å². The highest BCUT2D eigenvalue weighted by Crippen LogP contribution is 2.33. The van der Waals surface area contributed by atoms with E-state index >= 15 is 0 Å². The Labute approximate surface area is 131 Å². The van der Waals surface area contributed by atoms with Crippen LogP contribution in [0, 0.1) is 12.3 Å². The summed E-state index contributed by atoms with van der Waals surface area (Å²) >= 11 is 0.